The fourth-order valence-electron chi connectivity index (χ4n) is 5.33. The first kappa shape index (κ1) is 25.7. The first-order valence-electron chi connectivity index (χ1n) is 13.0. The second-order valence-corrected chi connectivity index (χ2v) is 10.1. The number of allylic oxidation sites excluding steroid dienone is 2. The van der Waals surface area contributed by atoms with Crippen molar-refractivity contribution in [1.29, 1.82) is 5.26 Å². The van der Waals surface area contributed by atoms with Crippen LogP contribution in [0.25, 0.3) is 10.9 Å². The van der Waals surface area contributed by atoms with E-state index in [1.165, 1.54) is 4.90 Å². The Balaban J connectivity index is 1.62. The van der Waals surface area contributed by atoms with Crippen LogP contribution in [0, 0.1) is 18.3 Å². The van der Waals surface area contributed by atoms with E-state index in [2.05, 4.69) is 32.3 Å². The van der Waals surface area contributed by atoms with Crippen LogP contribution >= 0.6 is 0 Å². The van der Waals surface area contributed by atoms with Gasteiger partial charge < -0.3 is 24.8 Å². The zero-order chi connectivity index (χ0) is 27.0. The molecule has 198 valence electrons. The number of nitrogens with one attached hydrogen (secondary N) is 1. The van der Waals surface area contributed by atoms with E-state index in [1.807, 2.05) is 49.6 Å². The summed E-state index contributed by atoms with van der Waals surface area (Å²) in [5, 5.41) is 26.0. The fourth-order valence-corrected chi connectivity index (χ4v) is 5.33. The summed E-state index contributed by atoms with van der Waals surface area (Å²) in [6.45, 7) is 9.62. The predicted molar refractivity (Wildman–Crippen MR) is 147 cm³/mol. The van der Waals surface area contributed by atoms with Crippen LogP contribution in [-0.2, 0) is 13.1 Å². The molecular weight excluding hydrogens is 480 g/mol. The van der Waals surface area contributed by atoms with Gasteiger partial charge in [0.2, 0.25) is 6.35 Å². The maximum atomic E-state index is 14.1. The number of amides is 1. The van der Waals surface area contributed by atoms with Crippen molar-refractivity contribution in [3.05, 3.63) is 58.7 Å². The third-order valence-electron chi connectivity index (χ3n) is 7.24. The highest BCUT2D eigenvalue weighted by Crippen LogP contribution is 2.41. The maximum Gasteiger partial charge on any atom is 0.276 e. The van der Waals surface area contributed by atoms with Gasteiger partial charge in [-0.05, 0) is 39.8 Å². The molecule has 0 saturated carbocycles. The van der Waals surface area contributed by atoms with Crippen molar-refractivity contribution in [1.82, 2.24) is 24.8 Å². The van der Waals surface area contributed by atoms with Crippen LogP contribution in [-0.4, -0.2) is 70.0 Å². The minimum Gasteiger partial charge on any atom is -0.356 e. The third-order valence-corrected chi connectivity index (χ3v) is 7.24. The normalized spacial score (nSPS) is 17.8. The summed E-state index contributed by atoms with van der Waals surface area (Å²) in [5.41, 5.74) is 4.00. The molecule has 1 fully saturated rings. The molecule has 1 amide bonds. The molecule has 0 spiro atoms. The molecule has 5 rings (SSSR count). The molecule has 4 heterocycles. The van der Waals surface area contributed by atoms with Crippen LogP contribution in [0.4, 0.5) is 11.5 Å². The average molecular weight is 515 g/mol. The van der Waals surface area contributed by atoms with E-state index in [9.17, 15) is 15.2 Å². The summed E-state index contributed by atoms with van der Waals surface area (Å²) in [6, 6.07) is 10.1. The molecule has 10 heteroatoms. The van der Waals surface area contributed by atoms with Crippen LogP contribution in [0.15, 0.2) is 35.9 Å². The summed E-state index contributed by atoms with van der Waals surface area (Å²) in [5.74, 6) is 0.829. The van der Waals surface area contributed by atoms with Crippen molar-refractivity contribution >= 4 is 28.3 Å². The zero-order valence-corrected chi connectivity index (χ0v) is 22.4. The number of rotatable bonds is 5. The largest absolute Gasteiger partial charge is 0.356 e. The molecule has 3 aromatic rings. The second-order valence-electron chi connectivity index (χ2n) is 10.1. The Morgan fingerprint density at radius 1 is 1.24 bits per heavy atom. The number of benzene rings is 1. The van der Waals surface area contributed by atoms with E-state index >= 15 is 0 Å². The Bertz CT molecular complexity index is 1440. The van der Waals surface area contributed by atoms with E-state index in [0.29, 0.717) is 29.3 Å². The van der Waals surface area contributed by atoms with Crippen LogP contribution in [0.1, 0.15) is 47.8 Å². The lowest BCUT2D eigenvalue weighted by molar-refractivity contribution is -0.00151. The van der Waals surface area contributed by atoms with Gasteiger partial charge in [-0.15, -0.1) is 0 Å². The number of hydrogen-bond donors (Lipinski definition) is 2. The van der Waals surface area contributed by atoms with E-state index < -0.39 is 6.35 Å². The number of nitriles is 1. The SMILES string of the molecule is CC(C)=CCn1c2c(c(C#N)c1N1CCCNCC1)N(C)C(O)N(Cc1nc(C)c3ccccc3n1)C2=O. The summed E-state index contributed by atoms with van der Waals surface area (Å²) in [7, 11) is 1.72. The van der Waals surface area contributed by atoms with Crippen LogP contribution < -0.4 is 15.1 Å². The third kappa shape index (κ3) is 4.48. The molecule has 2 aliphatic rings. The number of hydrogen-bond acceptors (Lipinski definition) is 8. The summed E-state index contributed by atoms with van der Waals surface area (Å²) < 4.78 is 1.94. The van der Waals surface area contributed by atoms with Gasteiger partial charge in [0.15, 0.2) is 0 Å². The van der Waals surface area contributed by atoms with Crippen molar-refractivity contribution in [3.8, 4) is 6.07 Å². The van der Waals surface area contributed by atoms with Gasteiger partial charge in [-0.25, -0.2) is 9.97 Å². The van der Waals surface area contributed by atoms with E-state index in [-0.39, 0.29) is 12.5 Å². The molecule has 0 aliphatic carbocycles. The van der Waals surface area contributed by atoms with Crippen molar-refractivity contribution in [2.45, 2.75) is 46.6 Å². The highest BCUT2D eigenvalue weighted by molar-refractivity contribution is 6.04. The van der Waals surface area contributed by atoms with Crippen LogP contribution in [0.3, 0.4) is 0 Å². The Labute approximate surface area is 222 Å². The van der Waals surface area contributed by atoms with Crippen molar-refractivity contribution in [2.75, 3.05) is 43.0 Å². The van der Waals surface area contributed by atoms with Crippen molar-refractivity contribution in [3.63, 3.8) is 0 Å². The molecular formula is C28H34N8O2. The van der Waals surface area contributed by atoms with Gasteiger partial charge in [0.05, 0.1) is 17.7 Å². The number of aromatic nitrogens is 3. The number of carbonyl (C=O) groups is 1. The lowest BCUT2D eigenvalue weighted by atomic mass is 10.1. The van der Waals surface area contributed by atoms with Crippen LogP contribution in [0.2, 0.25) is 0 Å². The Morgan fingerprint density at radius 3 is 2.79 bits per heavy atom. The number of aliphatic hydroxyl groups is 1. The molecule has 1 aromatic carbocycles. The average Bonchev–Trinajstić information content (AvgIpc) is 3.02. The Morgan fingerprint density at radius 2 is 2.03 bits per heavy atom. The first-order valence-corrected chi connectivity index (χ1v) is 13.0. The summed E-state index contributed by atoms with van der Waals surface area (Å²) in [6.07, 6.45) is 1.72. The molecule has 1 unspecified atom stereocenters. The monoisotopic (exact) mass is 514 g/mol. The smallest absolute Gasteiger partial charge is 0.276 e. The van der Waals surface area contributed by atoms with Gasteiger partial charge in [0.1, 0.15) is 29.0 Å². The number of aryl methyl sites for hydroxylation is 1. The van der Waals surface area contributed by atoms with E-state index in [4.69, 9.17) is 0 Å². The molecule has 10 nitrogen and oxygen atoms in total. The minimum absolute atomic E-state index is 0.0358. The second kappa shape index (κ2) is 10.4. The number of nitrogens with zero attached hydrogens (tertiary/aromatic N) is 7. The number of anilines is 2. The molecule has 38 heavy (non-hydrogen) atoms. The highest BCUT2D eigenvalue weighted by Gasteiger charge is 2.42. The summed E-state index contributed by atoms with van der Waals surface area (Å²) >= 11 is 0. The lowest BCUT2D eigenvalue weighted by Gasteiger charge is -2.39. The summed E-state index contributed by atoms with van der Waals surface area (Å²) in [4.78, 5) is 28.6. The van der Waals surface area contributed by atoms with Crippen molar-refractivity contribution < 1.29 is 9.90 Å². The van der Waals surface area contributed by atoms with Gasteiger partial charge in [-0.1, -0.05) is 29.8 Å². The topological polar surface area (TPSA) is 114 Å². The molecule has 1 atom stereocenters. The molecule has 2 aromatic heterocycles. The zero-order valence-electron chi connectivity index (χ0n) is 22.4. The van der Waals surface area contributed by atoms with Crippen LogP contribution in [0.5, 0.6) is 0 Å². The van der Waals surface area contributed by atoms with Gasteiger partial charge in [-0.3, -0.25) is 9.69 Å². The van der Waals surface area contributed by atoms with E-state index in [1.54, 1.807) is 11.9 Å². The van der Waals surface area contributed by atoms with E-state index in [0.717, 1.165) is 60.6 Å². The van der Waals surface area contributed by atoms with Gasteiger partial charge >= 0.3 is 0 Å². The number of fused-ring (bicyclic) bond motifs is 2. The number of carbonyl (C=O) groups excluding carboxylic acids is 1. The van der Waals surface area contributed by atoms with Gasteiger partial charge in [-0.2, -0.15) is 5.26 Å². The molecule has 0 radical (unpaired) electrons. The predicted octanol–water partition coefficient (Wildman–Crippen LogP) is 2.75. The fraction of sp³-hybridized carbons (Fsp3) is 0.429. The Kier molecular flexibility index (Phi) is 7.06. The maximum absolute atomic E-state index is 14.1. The quantitative estimate of drug-likeness (QED) is 0.500. The number of aliphatic hydroxyl groups excluding tert-OH is 1. The minimum atomic E-state index is -1.27. The van der Waals surface area contributed by atoms with Gasteiger partial charge in [0.25, 0.3) is 5.91 Å². The molecule has 2 aliphatic heterocycles. The lowest BCUT2D eigenvalue weighted by Crippen LogP contribution is -2.54. The van der Waals surface area contributed by atoms with Crippen molar-refractivity contribution in [2.24, 2.45) is 0 Å². The van der Waals surface area contributed by atoms with Gasteiger partial charge in [0, 0.05) is 44.3 Å². The number of para-hydroxylation sites is 1. The first-order chi connectivity index (χ1) is 18.3. The molecule has 0 bridgehead atoms. The highest BCUT2D eigenvalue weighted by atomic mass is 16.3. The molecule has 2 N–H and O–H groups in total. The Hall–Kier alpha value is -3.94. The molecule has 1 saturated heterocycles. The standard InChI is InChI=1S/C28H34N8O2/c1-18(2)10-14-35-25-24(21(16-29)26(35)34-13-7-11-30-12-15-34)33(4)28(38)36(27(25)37)17-23-31-19(3)20-8-5-6-9-22(20)32-23/h5-6,8-10,28,30,38H,7,11-15,17H2,1-4H3.